The lowest BCUT2D eigenvalue weighted by Gasteiger charge is -2.29. The summed E-state index contributed by atoms with van der Waals surface area (Å²) in [6.07, 6.45) is 0. The quantitative estimate of drug-likeness (QED) is 0.853. The standard InChI is InChI=1S/C16H14N4OS/c1-13(11-5-3-2-4-6-11)14(9-17)12(19)20-16(15(13,14)10-18)21-7-8-22-16/h2-6H,7-8H2,1H3,(H2,19,20)/t13-,14-,15+,16+/m0/s1. The van der Waals surface area contributed by atoms with E-state index in [1.54, 1.807) is 0 Å². The van der Waals surface area contributed by atoms with Crippen LogP contribution in [0.1, 0.15) is 12.5 Å². The first-order valence-electron chi connectivity index (χ1n) is 7.08. The number of nitriles is 2. The van der Waals surface area contributed by atoms with Crippen LogP contribution in [0.3, 0.4) is 0 Å². The average Bonchev–Trinajstić information content (AvgIpc) is 2.83. The summed E-state index contributed by atoms with van der Waals surface area (Å²) in [7, 11) is 0. The van der Waals surface area contributed by atoms with Gasteiger partial charge in [0.05, 0.1) is 18.7 Å². The van der Waals surface area contributed by atoms with E-state index in [4.69, 9.17) is 10.5 Å². The maximum absolute atomic E-state index is 10.1. The molecule has 0 unspecified atom stereocenters. The van der Waals surface area contributed by atoms with Crippen molar-refractivity contribution in [1.82, 2.24) is 0 Å². The highest BCUT2D eigenvalue weighted by Crippen LogP contribution is 2.87. The van der Waals surface area contributed by atoms with Gasteiger partial charge in [0.2, 0.25) is 5.06 Å². The van der Waals surface area contributed by atoms with Gasteiger partial charge in [-0.05, 0) is 5.56 Å². The van der Waals surface area contributed by atoms with Gasteiger partial charge in [0.25, 0.3) is 0 Å². The maximum atomic E-state index is 10.1. The summed E-state index contributed by atoms with van der Waals surface area (Å²) in [5, 5.41) is 19.0. The Kier molecular flexibility index (Phi) is 2.38. The number of ether oxygens (including phenoxy) is 1. The molecule has 3 aliphatic rings. The average molecular weight is 310 g/mol. The van der Waals surface area contributed by atoms with Crippen LogP contribution < -0.4 is 5.73 Å². The molecule has 1 aromatic carbocycles. The molecule has 2 fully saturated rings. The highest BCUT2D eigenvalue weighted by molar-refractivity contribution is 8.00. The van der Waals surface area contributed by atoms with Crippen molar-refractivity contribution in [3.05, 3.63) is 35.9 Å². The van der Waals surface area contributed by atoms with E-state index in [1.807, 2.05) is 37.3 Å². The molecule has 1 aromatic rings. The van der Waals surface area contributed by atoms with Gasteiger partial charge in [0.15, 0.2) is 10.8 Å². The molecule has 0 bridgehead atoms. The van der Waals surface area contributed by atoms with Crippen molar-refractivity contribution in [2.45, 2.75) is 17.4 Å². The number of hydrogen-bond donors (Lipinski definition) is 1. The molecule has 6 heteroatoms. The number of thioether (sulfide) groups is 1. The fraction of sp³-hybridized carbons (Fsp3) is 0.438. The molecule has 0 radical (unpaired) electrons. The van der Waals surface area contributed by atoms with Gasteiger partial charge in [0, 0.05) is 11.2 Å². The van der Waals surface area contributed by atoms with Crippen LogP contribution in [0.2, 0.25) is 0 Å². The number of nitrogens with two attached hydrogens (primary N) is 1. The molecule has 1 spiro atoms. The van der Waals surface area contributed by atoms with E-state index in [0.29, 0.717) is 6.61 Å². The smallest absolute Gasteiger partial charge is 0.231 e. The van der Waals surface area contributed by atoms with Crippen molar-refractivity contribution in [1.29, 1.82) is 10.5 Å². The summed E-state index contributed by atoms with van der Waals surface area (Å²) in [5.74, 6) is 0.962. The van der Waals surface area contributed by atoms with Crippen LogP contribution in [-0.4, -0.2) is 23.3 Å². The van der Waals surface area contributed by atoms with E-state index in [9.17, 15) is 10.5 Å². The van der Waals surface area contributed by atoms with Crippen molar-refractivity contribution >= 4 is 17.6 Å². The molecule has 4 atom stereocenters. The molecule has 1 saturated heterocycles. The second-order valence-electron chi connectivity index (χ2n) is 5.99. The molecular weight excluding hydrogens is 296 g/mol. The van der Waals surface area contributed by atoms with E-state index in [0.717, 1.165) is 11.3 Å². The van der Waals surface area contributed by atoms with E-state index in [-0.39, 0.29) is 5.84 Å². The minimum absolute atomic E-state index is 0.220. The number of aliphatic imine (C=N–C) groups is 1. The summed E-state index contributed by atoms with van der Waals surface area (Å²) < 4.78 is 5.89. The summed E-state index contributed by atoms with van der Waals surface area (Å²) in [6, 6.07) is 14.3. The first-order chi connectivity index (χ1) is 10.6. The van der Waals surface area contributed by atoms with Crippen LogP contribution in [0.15, 0.2) is 35.3 Å². The van der Waals surface area contributed by atoms with Crippen LogP contribution in [0.5, 0.6) is 0 Å². The molecule has 0 aromatic heterocycles. The highest BCUT2D eigenvalue weighted by Gasteiger charge is 2.99. The van der Waals surface area contributed by atoms with E-state index < -0.39 is 21.3 Å². The van der Waals surface area contributed by atoms with Crippen LogP contribution in [0.25, 0.3) is 0 Å². The predicted octanol–water partition coefficient (Wildman–Crippen LogP) is 1.77. The van der Waals surface area contributed by atoms with Gasteiger partial charge in [-0.15, -0.1) is 0 Å². The minimum atomic E-state index is -1.13. The van der Waals surface area contributed by atoms with Gasteiger partial charge in [-0.25, -0.2) is 4.99 Å². The number of hydrogen-bond acceptors (Lipinski definition) is 6. The third-order valence-corrected chi connectivity index (χ3v) is 6.77. The monoisotopic (exact) mass is 310 g/mol. The topological polar surface area (TPSA) is 95.2 Å². The Labute approximate surface area is 132 Å². The Morgan fingerprint density at radius 3 is 2.55 bits per heavy atom. The lowest BCUT2D eigenvalue weighted by molar-refractivity contribution is 0.0151. The Morgan fingerprint density at radius 1 is 1.27 bits per heavy atom. The molecule has 1 aliphatic carbocycles. The van der Waals surface area contributed by atoms with Crippen LogP contribution in [0.4, 0.5) is 0 Å². The van der Waals surface area contributed by atoms with E-state index in [2.05, 4.69) is 17.1 Å². The first-order valence-corrected chi connectivity index (χ1v) is 8.06. The number of amidine groups is 1. The van der Waals surface area contributed by atoms with Gasteiger partial charge in [-0.2, -0.15) is 10.5 Å². The molecule has 2 aliphatic heterocycles. The van der Waals surface area contributed by atoms with Gasteiger partial charge >= 0.3 is 0 Å². The van der Waals surface area contributed by atoms with Crippen molar-refractivity contribution in [3.8, 4) is 12.1 Å². The van der Waals surface area contributed by atoms with Crippen LogP contribution in [-0.2, 0) is 10.2 Å². The van der Waals surface area contributed by atoms with Crippen molar-refractivity contribution in [2.75, 3.05) is 12.4 Å². The van der Waals surface area contributed by atoms with Crippen molar-refractivity contribution < 1.29 is 4.74 Å². The molecule has 110 valence electrons. The van der Waals surface area contributed by atoms with Crippen molar-refractivity contribution in [2.24, 2.45) is 21.6 Å². The molecule has 4 rings (SSSR count). The summed E-state index contributed by atoms with van der Waals surface area (Å²) in [4.78, 5) is 4.45. The third kappa shape index (κ3) is 1.00. The van der Waals surface area contributed by atoms with Crippen LogP contribution in [0, 0.1) is 33.5 Å². The Bertz CT molecular complexity index is 774. The lowest BCUT2D eigenvalue weighted by Crippen LogP contribution is -2.38. The first kappa shape index (κ1) is 13.6. The molecule has 22 heavy (non-hydrogen) atoms. The fourth-order valence-corrected chi connectivity index (χ4v) is 5.84. The minimum Gasteiger partial charge on any atom is -0.386 e. The number of rotatable bonds is 1. The van der Waals surface area contributed by atoms with Gasteiger partial charge in [0.1, 0.15) is 5.84 Å². The summed E-state index contributed by atoms with van der Waals surface area (Å²) in [6.45, 7) is 2.44. The number of fused-ring (bicyclic) bond motifs is 2. The van der Waals surface area contributed by atoms with Crippen molar-refractivity contribution in [3.63, 3.8) is 0 Å². The Hall–Kier alpha value is -2.02. The zero-order valence-electron chi connectivity index (χ0n) is 12.0. The second-order valence-corrected chi connectivity index (χ2v) is 7.24. The highest BCUT2D eigenvalue weighted by atomic mass is 32.2. The molecule has 2 heterocycles. The lowest BCUT2D eigenvalue weighted by atomic mass is 9.85. The Morgan fingerprint density at radius 2 is 2.00 bits per heavy atom. The fourth-order valence-electron chi connectivity index (χ4n) is 4.45. The second kappa shape index (κ2) is 3.84. The molecule has 1 saturated carbocycles. The van der Waals surface area contributed by atoms with E-state index >= 15 is 0 Å². The zero-order chi connectivity index (χ0) is 15.6. The third-order valence-electron chi connectivity index (χ3n) is 5.49. The zero-order valence-corrected chi connectivity index (χ0v) is 12.9. The van der Waals surface area contributed by atoms with Crippen LogP contribution >= 0.6 is 11.8 Å². The molecule has 5 nitrogen and oxygen atoms in total. The SMILES string of the molecule is C[C@]1(c2ccccc2)[C@]2(C#N)C(N)=N[C@@]3(OCCS3)[C@@]21C#N. The van der Waals surface area contributed by atoms with E-state index in [1.165, 1.54) is 11.8 Å². The largest absolute Gasteiger partial charge is 0.386 e. The molecule has 0 amide bonds. The summed E-state index contributed by atoms with van der Waals surface area (Å²) >= 11 is 1.48. The number of benzene rings is 1. The summed E-state index contributed by atoms with van der Waals surface area (Å²) in [5.41, 5.74) is 4.15. The van der Waals surface area contributed by atoms with Gasteiger partial charge < -0.3 is 10.5 Å². The van der Waals surface area contributed by atoms with Gasteiger partial charge in [-0.3, -0.25) is 0 Å². The predicted molar refractivity (Wildman–Crippen MR) is 82.6 cm³/mol. The Balaban J connectivity index is 2.03. The molecular formula is C16H14N4OS. The van der Waals surface area contributed by atoms with Gasteiger partial charge in [-0.1, -0.05) is 49.0 Å². The normalized spacial score (nSPS) is 45.0. The molecule has 2 N–H and O–H groups in total. The maximum Gasteiger partial charge on any atom is 0.231 e. The number of nitrogens with zero attached hydrogens (tertiary/aromatic N) is 3.